The molecule has 43 heavy (non-hydrogen) atoms. The first-order valence-electron chi connectivity index (χ1n) is 14.5. The van der Waals surface area contributed by atoms with E-state index in [2.05, 4.69) is 37.6 Å². The molecule has 0 radical (unpaired) electrons. The minimum absolute atomic E-state index is 0.0308. The van der Waals surface area contributed by atoms with Crippen molar-refractivity contribution >= 4 is 38.6 Å². The van der Waals surface area contributed by atoms with Crippen LogP contribution in [-0.4, -0.2) is 61.1 Å². The number of para-hydroxylation sites is 1. The van der Waals surface area contributed by atoms with Gasteiger partial charge >= 0.3 is 0 Å². The van der Waals surface area contributed by atoms with Crippen molar-refractivity contribution in [1.82, 2.24) is 14.9 Å². The van der Waals surface area contributed by atoms with E-state index in [0.29, 0.717) is 12.6 Å². The number of nitrogens with zero attached hydrogens (tertiary/aromatic N) is 4. The Hall–Kier alpha value is -4.28. The number of carbonyl (C=O) groups excluding carboxylic acids is 1. The maximum atomic E-state index is 12.6. The predicted octanol–water partition coefficient (Wildman–Crippen LogP) is 5.33. The summed E-state index contributed by atoms with van der Waals surface area (Å²) in [6.07, 6.45) is 4.91. The van der Waals surface area contributed by atoms with Crippen LogP contribution in [0.4, 0.5) is 22.9 Å². The van der Waals surface area contributed by atoms with Crippen molar-refractivity contribution in [2.75, 3.05) is 41.4 Å². The standard InChI is InChI=1S/C33H36N6O3S/c1-22-16-26(17-23(2)35-22)36-31-19-34-32(18-29(31)24-8-10-28(11-9-24)43(3,41)42)38-14-12-27(13-15-38)39-20-25-6-4-5-7-30(25)37-33(40)21-39/h4-11,16-19,27H,12-15,20-21H2,1-3H3,(H,35,36)(H,37,40). The Labute approximate surface area is 252 Å². The quantitative estimate of drug-likeness (QED) is 0.308. The fraction of sp³-hybridized carbons (Fsp3) is 0.303. The average Bonchev–Trinajstić information content (AvgIpc) is 3.14. The smallest absolute Gasteiger partial charge is 0.238 e. The van der Waals surface area contributed by atoms with Crippen molar-refractivity contribution in [3.63, 3.8) is 0 Å². The number of pyridine rings is 2. The maximum Gasteiger partial charge on any atom is 0.238 e. The van der Waals surface area contributed by atoms with Gasteiger partial charge in [-0.05, 0) is 74.2 Å². The highest BCUT2D eigenvalue weighted by atomic mass is 32.2. The van der Waals surface area contributed by atoms with Crippen LogP contribution < -0.4 is 15.5 Å². The second-order valence-electron chi connectivity index (χ2n) is 11.5. The van der Waals surface area contributed by atoms with Crippen LogP contribution in [0.3, 0.4) is 0 Å². The number of anilines is 4. The molecular formula is C33H36N6O3S. The molecule has 4 aromatic rings. The maximum absolute atomic E-state index is 12.6. The van der Waals surface area contributed by atoms with Gasteiger partial charge in [0.2, 0.25) is 5.91 Å². The lowest BCUT2D eigenvalue weighted by Gasteiger charge is -2.38. The number of piperidine rings is 1. The molecular weight excluding hydrogens is 560 g/mol. The summed E-state index contributed by atoms with van der Waals surface area (Å²) in [5, 5.41) is 6.56. The van der Waals surface area contributed by atoms with E-state index in [0.717, 1.165) is 83.4 Å². The van der Waals surface area contributed by atoms with Crippen LogP contribution in [0.1, 0.15) is 29.8 Å². The van der Waals surface area contributed by atoms with Gasteiger partial charge in [0.05, 0.1) is 23.3 Å². The Morgan fingerprint density at radius 2 is 1.63 bits per heavy atom. The fourth-order valence-electron chi connectivity index (χ4n) is 6.05. The van der Waals surface area contributed by atoms with Gasteiger partial charge in [-0.1, -0.05) is 30.3 Å². The van der Waals surface area contributed by atoms with Gasteiger partial charge in [-0.15, -0.1) is 0 Å². The lowest BCUT2D eigenvalue weighted by Crippen LogP contribution is -2.46. The monoisotopic (exact) mass is 596 g/mol. The molecule has 1 amide bonds. The van der Waals surface area contributed by atoms with Crippen LogP contribution in [0.2, 0.25) is 0 Å². The number of aryl methyl sites for hydroxylation is 2. The zero-order chi connectivity index (χ0) is 30.1. The largest absolute Gasteiger partial charge is 0.356 e. The number of benzene rings is 2. The summed E-state index contributed by atoms with van der Waals surface area (Å²) in [5.74, 6) is 0.899. The predicted molar refractivity (Wildman–Crippen MR) is 170 cm³/mol. The Morgan fingerprint density at radius 1 is 0.930 bits per heavy atom. The summed E-state index contributed by atoms with van der Waals surface area (Å²) in [6, 6.07) is 21.4. The summed E-state index contributed by atoms with van der Waals surface area (Å²) in [4.78, 5) is 26.8. The molecule has 2 aromatic heterocycles. The summed E-state index contributed by atoms with van der Waals surface area (Å²) < 4.78 is 24.2. The van der Waals surface area contributed by atoms with Crippen molar-refractivity contribution in [2.24, 2.45) is 0 Å². The molecule has 1 fully saturated rings. The average molecular weight is 597 g/mol. The summed E-state index contributed by atoms with van der Waals surface area (Å²) >= 11 is 0. The molecule has 9 nitrogen and oxygen atoms in total. The van der Waals surface area contributed by atoms with Gasteiger partial charge in [-0.25, -0.2) is 13.4 Å². The highest BCUT2D eigenvalue weighted by Crippen LogP contribution is 2.35. The molecule has 6 rings (SSSR count). The lowest BCUT2D eigenvalue weighted by molar-refractivity contribution is -0.117. The number of nitrogens with one attached hydrogen (secondary N) is 2. The van der Waals surface area contributed by atoms with E-state index < -0.39 is 9.84 Å². The number of hydrogen-bond acceptors (Lipinski definition) is 8. The number of rotatable bonds is 6. The number of fused-ring (bicyclic) bond motifs is 1. The lowest BCUT2D eigenvalue weighted by atomic mass is 10.0. The third kappa shape index (κ3) is 6.55. The Bertz CT molecular complexity index is 1750. The minimum atomic E-state index is -3.30. The number of carbonyl (C=O) groups is 1. The molecule has 0 saturated carbocycles. The summed E-state index contributed by atoms with van der Waals surface area (Å²) in [6.45, 7) is 6.70. The SMILES string of the molecule is Cc1cc(Nc2cnc(N3CCC(N4CC(=O)Nc5ccccc5C4)CC3)cc2-c2ccc(S(C)(=O)=O)cc2)cc(C)n1. The van der Waals surface area contributed by atoms with Crippen LogP contribution in [0.15, 0.2) is 77.8 Å². The third-order valence-corrected chi connectivity index (χ3v) is 9.29. The number of hydrogen-bond donors (Lipinski definition) is 2. The van der Waals surface area contributed by atoms with Gasteiger partial charge < -0.3 is 15.5 Å². The molecule has 0 unspecified atom stereocenters. The van der Waals surface area contributed by atoms with Crippen molar-refractivity contribution in [3.8, 4) is 11.1 Å². The Morgan fingerprint density at radius 3 is 2.33 bits per heavy atom. The Kier molecular flexibility index (Phi) is 7.89. The van der Waals surface area contributed by atoms with Crippen molar-refractivity contribution in [1.29, 1.82) is 0 Å². The van der Waals surface area contributed by atoms with Gasteiger partial charge in [0, 0.05) is 60.3 Å². The fourth-order valence-corrected chi connectivity index (χ4v) is 6.68. The minimum Gasteiger partial charge on any atom is -0.356 e. The van der Waals surface area contributed by atoms with Crippen molar-refractivity contribution in [2.45, 2.75) is 44.2 Å². The van der Waals surface area contributed by atoms with Crippen LogP contribution in [0.25, 0.3) is 11.1 Å². The van der Waals surface area contributed by atoms with E-state index in [9.17, 15) is 13.2 Å². The molecule has 2 N–H and O–H groups in total. The Balaban J connectivity index is 1.25. The number of sulfone groups is 1. The van der Waals surface area contributed by atoms with Gasteiger partial charge in [0.1, 0.15) is 5.82 Å². The summed E-state index contributed by atoms with van der Waals surface area (Å²) in [7, 11) is -3.30. The molecule has 2 aliphatic rings. The van der Waals surface area contributed by atoms with Crippen LogP contribution in [0.5, 0.6) is 0 Å². The summed E-state index contributed by atoms with van der Waals surface area (Å²) in [5.41, 5.74) is 7.44. The number of amides is 1. The first kappa shape index (κ1) is 28.8. The second kappa shape index (κ2) is 11.8. The van der Waals surface area contributed by atoms with Gasteiger partial charge in [-0.2, -0.15) is 0 Å². The van der Waals surface area contributed by atoms with Gasteiger partial charge in [-0.3, -0.25) is 14.7 Å². The van der Waals surface area contributed by atoms with E-state index in [1.165, 1.54) is 6.26 Å². The molecule has 0 spiro atoms. The second-order valence-corrected chi connectivity index (χ2v) is 13.5. The molecule has 2 aliphatic heterocycles. The van der Waals surface area contributed by atoms with E-state index >= 15 is 0 Å². The highest BCUT2D eigenvalue weighted by Gasteiger charge is 2.29. The van der Waals surface area contributed by atoms with E-state index in [4.69, 9.17) is 4.98 Å². The highest BCUT2D eigenvalue weighted by molar-refractivity contribution is 7.90. The van der Waals surface area contributed by atoms with Crippen LogP contribution in [-0.2, 0) is 21.2 Å². The molecule has 0 atom stereocenters. The van der Waals surface area contributed by atoms with Crippen LogP contribution in [0, 0.1) is 13.8 Å². The van der Waals surface area contributed by atoms with Gasteiger partial charge in [0.25, 0.3) is 0 Å². The zero-order valence-corrected chi connectivity index (χ0v) is 25.5. The topological polar surface area (TPSA) is 108 Å². The van der Waals surface area contributed by atoms with Crippen LogP contribution >= 0.6 is 0 Å². The van der Waals surface area contributed by atoms with E-state index in [1.54, 1.807) is 12.1 Å². The first-order valence-corrected chi connectivity index (χ1v) is 16.4. The molecule has 2 aromatic carbocycles. The molecule has 10 heteroatoms. The molecule has 0 aliphatic carbocycles. The van der Waals surface area contributed by atoms with E-state index in [1.807, 2.05) is 62.5 Å². The van der Waals surface area contributed by atoms with E-state index in [-0.39, 0.29) is 10.8 Å². The normalized spacial score (nSPS) is 16.3. The number of aromatic nitrogens is 2. The zero-order valence-electron chi connectivity index (χ0n) is 24.7. The molecule has 222 valence electrons. The third-order valence-electron chi connectivity index (χ3n) is 8.16. The first-order chi connectivity index (χ1) is 20.6. The molecule has 4 heterocycles. The van der Waals surface area contributed by atoms with Crippen molar-refractivity contribution in [3.05, 3.63) is 89.9 Å². The van der Waals surface area contributed by atoms with Gasteiger partial charge in [0.15, 0.2) is 9.84 Å². The molecule has 1 saturated heterocycles. The van der Waals surface area contributed by atoms with Crippen molar-refractivity contribution < 1.29 is 13.2 Å². The molecule has 0 bridgehead atoms.